The first-order chi connectivity index (χ1) is 9.04. The molecule has 1 heterocycles. The average Bonchev–Trinajstić information content (AvgIpc) is 2.66. The number of aliphatic carboxylic acids is 1. The summed E-state index contributed by atoms with van der Waals surface area (Å²) in [5.74, 6) is -1.49. The molecule has 1 aromatic heterocycles. The molecule has 5 nitrogen and oxygen atoms in total. The highest BCUT2D eigenvalue weighted by atomic mass is 35.5. The van der Waals surface area contributed by atoms with E-state index in [4.69, 9.17) is 11.6 Å². The molecule has 0 radical (unpaired) electrons. The van der Waals surface area contributed by atoms with Gasteiger partial charge in [0.2, 0.25) is 0 Å². The SMILES string of the molecule is CC(C)n1cc(Cl)cc1C(=O)NC(C(=O)O)C(C)(C)C. The third-order valence-electron chi connectivity index (χ3n) is 2.99. The minimum Gasteiger partial charge on any atom is -0.480 e. The van der Waals surface area contributed by atoms with Gasteiger partial charge in [0.15, 0.2) is 0 Å². The van der Waals surface area contributed by atoms with E-state index in [1.54, 1.807) is 37.6 Å². The maximum Gasteiger partial charge on any atom is 0.326 e. The fourth-order valence-corrected chi connectivity index (χ4v) is 2.12. The summed E-state index contributed by atoms with van der Waals surface area (Å²) < 4.78 is 1.72. The van der Waals surface area contributed by atoms with Crippen molar-refractivity contribution in [2.45, 2.75) is 46.7 Å². The Labute approximate surface area is 123 Å². The van der Waals surface area contributed by atoms with Crippen LogP contribution in [0.1, 0.15) is 51.1 Å². The number of halogens is 1. The molecule has 2 N–H and O–H groups in total. The van der Waals surface area contributed by atoms with Crippen molar-refractivity contribution in [1.82, 2.24) is 9.88 Å². The first-order valence-corrected chi connectivity index (χ1v) is 6.83. The Morgan fingerprint density at radius 2 is 1.90 bits per heavy atom. The van der Waals surface area contributed by atoms with Crippen LogP contribution < -0.4 is 5.32 Å². The molecular weight excluding hydrogens is 280 g/mol. The van der Waals surface area contributed by atoms with Crippen molar-refractivity contribution in [3.05, 3.63) is 23.0 Å². The maximum atomic E-state index is 12.3. The molecule has 0 aliphatic carbocycles. The number of carboxylic acids is 1. The molecule has 20 heavy (non-hydrogen) atoms. The van der Waals surface area contributed by atoms with Crippen LogP contribution in [0.25, 0.3) is 0 Å². The van der Waals surface area contributed by atoms with Crippen molar-refractivity contribution in [3.63, 3.8) is 0 Å². The van der Waals surface area contributed by atoms with Crippen molar-refractivity contribution in [2.75, 3.05) is 0 Å². The molecule has 1 amide bonds. The number of hydrogen-bond donors (Lipinski definition) is 2. The van der Waals surface area contributed by atoms with Crippen LogP contribution in [-0.4, -0.2) is 27.6 Å². The van der Waals surface area contributed by atoms with E-state index >= 15 is 0 Å². The number of amides is 1. The number of nitrogens with one attached hydrogen (secondary N) is 1. The first-order valence-electron chi connectivity index (χ1n) is 6.45. The molecule has 0 spiro atoms. The van der Waals surface area contributed by atoms with Gasteiger partial charge in [-0.25, -0.2) is 4.79 Å². The molecule has 1 unspecified atom stereocenters. The van der Waals surface area contributed by atoms with Crippen molar-refractivity contribution in [3.8, 4) is 0 Å². The quantitative estimate of drug-likeness (QED) is 0.898. The fourth-order valence-electron chi connectivity index (χ4n) is 1.91. The van der Waals surface area contributed by atoms with Gasteiger partial charge in [0.05, 0.1) is 5.02 Å². The second-order valence-electron chi connectivity index (χ2n) is 6.16. The molecule has 112 valence electrons. The third kappa shape index (κ3) is 3.76. The Morgan fingerprint density at radius 3 is 2.30 bits per heavy atom. The van der Waals surface area contributed by atoms with Gasteiger partial charge in [-0.2, -0.15) is 0 Å². The van der Waals surface area contributed by atoms with Crippen LogP contribution in [0.5, 0.6) is 0 Å². The van der Waals surface area contributed by atoms with E-state index in [0.29, 0.717) is 10.7 Å². The molecule has 0 aromatic carbocycles. The highest BCUT2D eigenvalue weighted by Crippen LogP contribution is 2.22. The smallest absolute Gasteiger partial charge is 0.326 e. The van der Waals surface area contributed by atoms with Crippen LogP contribution >= 0.6 is 11.6 Å². The monoisotopic (exact) mass is 300 g/mol. The van der Waals surface area contributed by atoms with Crippen LogP contribution in [-0.2, 0) is 4.79 Å². The van der Waals surface area contributed by atoms with E-state index in [2.05, 4.69) is 5.32 Å². The molecule has 0 aliphatic rings. The van der Waals surface area contributed by atoms with E-state index in [0.717, 1.165) is 0 Å². The number of hydrogen-bond acceptors (Lipinski definition) is 2. The number of carbonyl (C=O) groups is 2. The molecule has 1 aromatic rings. The van der Waals surface area contributed by atoms with Gasteiger partial charge in [-0.1, -0.05) is 32.4 Å². The Hall–Kier alpha value is -1.49. The standard InChI is InChI=1S/C14H21ClN2O3/c1-8(2)17-7-9(15)6-10(17)12(18)16-11(13(19)20)14(3,4)5/h6-8,11H,1-5H3,(H,16,18)(H,19,20). The van der Waals surface area contributed by atoms with E-state index < -0.39 is 23.3 Å². The van der Waals surface area contributed by atoms with E-state index in [-0.39, 0.29) is 6.04 Å². The first kappa shape index (κ1) is 16.6. The van der Waals surface area contributed by atoms with Crippen LogP contribution in [0.2, 0.25) is 5.02 Å². The second kappa shape index (κ2) is 5.87. The summed E-state index contributed by atoms with van der Waals surface area (Å²) in [7, 11) is 0. The zero-order chi connectivity index (χ0) is 15.7. The van der Waals surface area contributed by atoms with Gasteiger partial charge >= 0.3 is 5.97 Å². The molecule has 0 fully saturated rings. The van der Waals surface area contributed by atoms with Gasteiger partial charge in [0, 0.05) is 12.2 Å². The van der Waals surface area contributed by atoms with Crippen molar-refractivity contribution in [1.29, 1.82) is 0 Å². The van der Waals surface area contributed by atoms with Crippen LogP contribution in [0.3, 0.4) is 0 Å². The number of carboxylic acid groups (broad SMARTS) is 1. The molecule has 0 aliphatic heterocycles. The summed E-state index contributed by atoms with van der Waals surface area (Å²) in [5.41, 5.74) is -0.221. The zero-order valence-electron chi connectivity index (χ0n) is 12.4. The molecular formula is C14H21ClN2O3. The van der Waals surface area contributed by atoms with Crippen LogP contribution in [0, 0.1) is 5.41 Å². The summed E-state index contributed by atoms with van der Waals surface area (Å²) in [6.07, 6.45) is 1.66. The Morgan fingerprint density at radius 1 is 1.35 bits per heavy atom. The largest absolute Gasteiger partial charge is 0.480 e. The Kier molecular flexibility index (Phi) is 4.86. The Bertz CT molecular complexity index is 515. The molecule has 6 heteroatoms. The molecule has 0 saturated heterocycles. The van der Waals surface area contributed by atoms with Crippen molar-refractivity contribution in [2.24, 2.45) is 5.41 Å². The summed E-state index contributed by atoms with van der Waals surface area (Å²) in [4.78, 5) is 23.6. The van der Waals surface area contributed by atoms with Crippen LogP contribution in [0.15, 0.2) is 12.3 Å². The van der Waals surface area contributed by atoms with Gasteiger partial charge in [-0.15, -0.1) is 0 Å². The lowest BCUT2D eigenvalue weighted by Gasteiger charge is -2.28. The average molecular weight is 301 g/mol. The number of rotatable bonds is 4. The number of nitrogens with zero attached hydrogens (tertiary/aromatic N) is 1. The van der Waals surface area contributed by atoms with E-state index in [1.807, 2.05) is 13.8 Å². The lowest BCUT2D eigenvalue weighted by molar-refractivity contribution is -0.142. The Balaban J connectivity index is 3.04. The van der Waals surface area contributed by atoms with Gasteiger partial charge in [-0.05, 0) is 25.3 Å². The predicted octanol–water partition coefficient (Wildman–Crippen LogP) is 2.95. The van der Waals surface area contributed by atoms with Gasteiger partial charge in [-0.3, -0.25) is 4.79 Å². The zero-order valence-corrected chi connectivity index (χ0v) is 13.2. The van der Waals surface area contributed by atoms with Crippen molar-refractivity contribution < 1.29 is 14.7 Å². The van der Waals surface area contributed by atoms with E-state index in [1.165, 1.54) is 0 Å². The van der Waals surface area contributed by atoms with Gasteiger partial charge in [0.25, 0.3) is 5.91 Å². The molecule has 1 atom stereocenters. The molecule has 0 bridgehead atoms. The predicted molar refractivity (Wildman–Crippen MR) is 78.2 cm³/mol. The second-order valence-corrected chi connectivity index (χ2v) is 6.59. The number of carbonyl (C=O) groups excluding carboxylic acids is 1. The minimum atomic E-state index is -1.06. The maximum absolute atomic E-state index is 12.3. The van der Waals surface area contributed by atoms with Crippen LogP contribution in [0.4, 0.5) is 0 Å². The summed E-state index contributed by atoms with van der Waals surface area (Å²) in [5, 5.41) is 12.3. The normalized spacial score (nSPS) is 13.3. The lowest BCUT2D eigenvalue weighted by atomic mass is 9.86. The summed E-state index contributed by atoms with van der Waals surface area (Å²) in [6.45, 7) is 9.14. The summed E-state index contributed by atoms with van der Waals surface area (Å²) in [6, 6.07) is 0.629. The van der Waals surface area contributed by atoms with Gasteiger partial charge in [0.1, 0.15) is 11.7 Å². The van der Waals surface area contributed by atoms with Gasteiger partial charge < -0.3 is 15.0 Å². The molecule has 1 rings (SSSR count). The lowest BCUT2D eigenvalue weighted by Crippen LogP contribution is -2.49. The minimum absolute atomic E-state index is 0.0566. The number of aromatic nitrogens is 1. The highest BCUT2D eigenvalue weighted by Gasteiger charge is 2.33. The van der Waals surface area contributed by atoms with E-state index in [9.17, 15) is 14.7 Å². The summed E-state index contributed by atoms with van der Waals surface area (Å²) >= 11 is 5.93. The fraction of sp³-hybridized carbons (Fsp3) is 0.571. The van der Waals surface area contributed by atoms with Crippen molar-refractivity contribution >= 4 is 23.5 Å². The third-order valence-corrected chi connectivity index (χ3v) is 3.20. The molecule has 0 saturated carbocycles. The topological polar surface area (TPSA) is 71.3 Å². The highest BCUT2D eigenvalue weighted by molar-refractivity contribution is 6.31.